The van der Waals surface area contributed by atoms with E-state index in [1.54, 1.807) is 12.1 Å². The largest absolute Gasteiger partial charge is 0.416 e. The van der Waals surface area contributed by atoms with Gasteiger partial charge in [0.25, 0.3) is 0 Å². The van der Waals surface area contributed by atoms with Crippen LogP contribution in [0.25, 0.3) is 0 Å². The zero-order valence-electron chi connectivity index (χ0n) is 16.1. The third kappa shape index (κ3) is 6.91. The highest BCUT2D eigenvalue weighted by atomic mass is 19.4. The SMILES string of the molecule is CCCCCCC(=O)Nc1ccc(CCc2ccc(C(F)(F)F)cc2)cc1N. The van der Waals surface area contributed by atoms with E-state index in [-0.39, 0.29) is 5.91 Å². The summed E-state index contributed by atoms with van der Waals surface area (Å²) >= 11 is 0. The highest BCUT2D eigenvalue weighted by Gasteiger charge is 2.29. The van der Waals surface area contributed by atoms with E-state index in [9.17, 15) is 18.0 Å². The number of rotatable bonds is 9. The van der Waals surface area contributed by atoms with E-state index in [0.717, 1.165) is 48.9 Å². The molecule has 0 aliphatic rings. The lowest BCUT2D eigenvalue weighted by Gasteiger charge is -2.11. The highest BCUT2D eigenvalue weighted by Crippen LogP contribution is 2.29. The van der Waals surface area contributed by atoms with Gasteiger partial charge in [-0.05, 0) is 54.7 Å². The zero-order valence-corrected chi connectivity index (χ0v) is 16.1. The molecule has 2 rings (SSSR count). The molecule has 0 saturated heterocycles. The fraction of sp³-hybridized carbons (Fsp3) is 0.409. The van der Waals surface area contributed by atoms with Gasteiger partial charge in [0.05, 0.1) is 16.9 Å². The molecule has 0 saturated carbocycles. The van der Waals surface area contributed by atoms with E-state index in [4.69, 9.17) is 5.73 Å². The van der Waals surface area contributed by atoms with Gasteiger partial charge >= 0.3 is 6.18 Å². The molecule has 2 aromatic rings. The van der Waals surface area contributed by atoms with Gasteiger partial charge < -0.3 is 11.1 Å². The summed E-state index contributed by atoms with van der Waals surface area (Å²) in [5, 5.41) is 2.84. The minimum atomic E-state index is -4.32. The van der Waals surface area contributed by atoms with Crippen LogP contribution in [0.4, 0.5) is 24.5 Å². The van der Waals surface area contributed by atoms with Crippen LogP contribution >= 0.6 is 0 Å². The fourth-order valence-corrected chi connectivity index (χ4v) is 2.96. The van der Waals surface area contributed by atoms with E-state index in [2.05, 4.69) is 12.2 Å². The Bertz CT molecular complexity index is 770. The summed E-state index contributed by atoms with van der Waals surface area (Å²) in [6.07, 6.45) is 1.60. The van der Waals surface area contributed by atoms with Crippen LogP contribution in [-0.4, -0.2) is 5.91 Å². The predicted molar refractivity (Wildman–Crippen MR) is 107 cm³/mol. The molecular formula is C22H27F3N2O. The molecule has 0 fully saturated rings. The molecule has 0 aliphatic carbocycles. The van der Waals surface area contributed by atoms with Crippen molar-refractivity contribution in [2.45, 2.75) is 58.0 Å². The number of nitrogens with one attached hydrogen (secondary N) is 1. The second kappa shape index (κ2) is 10.2. The number of nitrogens with two attached hydrogens (primary N) is 1. The Morgan fingerprint density at radius 3 is 2.21 bits per heavy atom. The first-order chi connectivity index (χ1) is 13.3. The number of halogens is 3. The monoisotopic (exact) mass is 392 g/mol. The van der Waals surface area contributed by atoms with Gasteiger partial charge in [-0.15, -0.1) is 0 Å². The standard InChI is InChI=1S/C22H27F3N2O/c1-2-3-4-5-6-21(28)27-20-14-11-17(15-19(20)26)8-7-16-9-12-18(13-10-16)22(23,24)25/h9-15H,2-8,26H2,1H3,(H,27,28). The van der Waals surface area contributed by atoms with E-state index in [0.29, 0.717) is 30.6 Å². The normalized spacial score (nSPS) is 11.4. The average molecular weight is 392 g/mol. The van der Waals surface area contributed by atoms with Crippen LogP contribution < -0.4 is 11.1 Å². The third-order valence-electron chi connectivity index (χ3n) is 4.63. The number of anilines is 2. The van der Waals surface area contributed by atoms with Crippen molar-refractivity contribution < 1.29 is 18.0 Å². The molecule has 0 atom stereocenters. The van der Waals surface area contributed by atoms with Crippen LogP contribution in [-0.2, 0) is 23.8 Å². The summed E-state index contributed by atoms with van der Waals surface area (Å²) in [5.74, 6) is -0.0414. The number of hydrogen-bond acceptors (Lipinski definition) is 2. The van der Waals surface area contributed by atoms with Crippen molar-refractivity contribution in [1.82, 2.24) is 0 Å². The van der Waals surface area contributed by atoms with Crippen molar-refractivity contribution in [3.05, 3.63) is 59.2 Å². The molecule has 0 radical (unpaired) electrons. The number of benzene rings is 2. The van der Waals surface area contributed by atoms with E-state index in [1.807, 2.05) is 6.07 Å². The Balaban J connectivity index is 1.87. The van der Waals surface area contributed by atoms with Crippen molar-refractivity contribution >= 4 is 17.3 Å². The number of nitrogen functional groups attached to an aromatic ring is 1. The first-order valence-corrected chi connectivity index (χ1v) is 9.64. The third-order valence-corrected chi connectivity index (χ3v) is 4.63. The summed E-state index contributed by atoms with van der Waals surface area (Å²) in [5.41, 5.74) is 8.29. The lowest BCUT2D eigenvalue weighted by atomic mass is 10.0. The lowest BCUT2D eigenvalue weighted by molar-refractivity contribution is -0.137. The van der Waals surface area contributed by atoms with Crippen LogP contribution in [0, 0.1) is 0 Å². The maximum atomic E-state index is 12.6. The molecule has 28 heavy (non-hydrogen) atoms. The summed E-state index contributed by atoms with van der Waals surface area (Å²) in [6, 6.07) is 10.7. The van der Waals surface area contributed by atoms with Gasteiger partial charge in [0.2, 0.25) is 5.91 Å². The van der Waals surface area contributed by atoms with Crippen molar-refractivity contribution in [3.8, 4) is 0 Å². The summed E-state index contributed by atoms with van der Waals surface area (Å²) in [4.78, 5) is 12.0. The molecule has 152 valence electrons. The molecule has 0 spiro atoms. The van der Waals surface area contributed by atoms with Gasteiger partial charge in [0.15, 0.2) is 0 Å². The van der Waals surface area contributed by atoms with Crippen molar-refractivity contribution in [1.29, 1.82) is 0 Å². The molecule has 0 aliphatic heterocycles. The zero-order chi connectivity index (χ0) is 20.6. The molecular weight excluding hydrogens is 365 g/mol. The maximum absolute atomic E-state index is 12.6. The van der Waals surface area contributed by atoms with E-state index >= 15 is 0 Å². The molecule has 1 amide bonds. The number of unbranched alkanes of at least 4 members (excludes halogenated alkanes) is 3. The Morgan fingerprint density at radius 1 is 0.964 bits per heavy atom. The van der Waals surface area contributed by atoms with Gasteiger partial charge in [-0.3, -0.25) is 4.79 Å². The Hall–Kier alpha value is -2.50. The van der Waals surface area contributed by atoms with Crippen molar-refractivity contribution in [3.63, 3.8) is 0 Å². The molecule has 0 unspecified atom stereocenters. The van der Waals surface area contributed by atoms with E-state index < -0.39 is 11.7 Å². The maximum Gasteiger partial charge on any atom is 0.416 e. The number of aryl methyl sites for hydroxylation is 2. The molecule has 0 heterocycles. The predicted octanol–water partition coefficient (Wildman–Crippen LogP) is 5.98. The number of alkyl halides is 3. The smallest absolute Gasteiger partial charge is 0.397 e. The first-order valence-electron chi connectivity index (χ1n) is 9.64. The highest BCUT2D eigenvalue weighted by molar-refractivity contribution is 5.93. The van der Waals surface area contributed by atoms with Crippen LogP contribution in [0.15, 0.2) is 42.5 Å². The Labute approximate surface area is 164 Å². The number of carbonyl (C=O) groups excluding carboxylic acids is 1. The number of hydrogen-bond donors (Lipinski definition) is 2. The molecule has 0 aromatic heterocycles. The average Bonchev–Trinajstić information content (AvgIpc) is 2.65. The van der Waals surface area contributed by atoms with Gasteiger partial charge in [-0.2, -0.15) is 13.2 Å². The van der Waals surface area contributed by atoms with Gasteiger partial charge in [-0.1, -0.05) is 44.4 Å². The fourth-order valence-electron chi connectivity index (χ4n) is 2.96. The van der Waals surface area contributed by atoms with Crippen LogP contribution in [0.3, 0.4) is 0 Å². The van der Waals surface area contributed by atoms with Crippen molar-refractivity contribution in [2.24, 2.45) is 0 Å². The molecule has 2 aromatic carbocycles. The van der Waals surface area contributed by atoms with Gasteiger partial charge in [0, 0.05) is 6.42 Å². The van der Waals surface area contributed by atoms with Crippen LogP contribution in [0.5, 0.6) is 0 Å². The second-order valence-corrected chi connectivity index (χ2v) is 6.98. The first kappa shape index (κ1) is 21.8. The summed E-state index contributed by atoms with van der Waals surface area (Å²) in [7, 11) is 0. The van der Waals surface area contributed by atoms with Gasteiger partial charge in [0.1, 0.15) is 0 Å². The summed E-state index contributed by atoms with van der Waals surface area (Å²) in [6.45, 7) is 2.12. The number of carbonyl (C=O) groups is 1. The Kier molecular flexibility index (Phi) is 7.91. The quantitative estimate of drug-likeness (QED) is 0.407. The molecule has 3 N–H and O–H groups in total. The second-order valence-electron chi connectivity index (χ2n) is 6.98. The van der Waals surface area contributed by atoms with Gasteiger partial charge in [-0.25, -0.2) is 0 Å². The van der Waals surface area contributed by atoms with E-state index in [1.165, 1.54) is 12.1 Å². The molecule has 6 heteroatoms. The minimum absolute atomic E-state index is 0.0414. The van der Waals surface area contributed by atoms with Crippen LogP contribution in [0.1, 0.15) is 55.7 Å². The Morgan fingerprint density at radius 2 is 1.61 bits per heavy atom. The molecule has 0 bridgehead atoms. The minimum Gasteiger partial charge on any atom is -0.397 e. The summed E-state index contributed by atoms with van der Waals surface area (Å²) < 4.78 is 37.8. The topological polar surface area (TPSA) is 55.1 Å². The lowest BCUT2D eigenvalue weighted by Crippen LogP contribution is -2.12. The van der Waals surface area contributed by atoms with Crippen LogP contribution in [0.2, 0.25) is 0 Å². The number of amides is 1. The van der Waals surface area contributed by atoms with Crippen molar-refractivity contribution in [2.75, 3.05) is 11.1 Å². The molecule has 3 nitrogen and oxygen atoms in total.